The van der Waals surface area contributed by atoms with Gasteiger partial charge in [-0.3, -0.25) is 14.3 Å². The molecule has 0 aliphatic heterocycles. The van der Waals surface area contributed by atoms with Gasteiger partial charge in [-0.1, -0.05) is 35.5 Å². The number of nitrogens with zero attached hydrogens (tertiary/aromatic N) is 2. The largest absolute Gasteiger partial charge is 0.319 e. The number of hydrogen-bond acceptors (Lipinski definition) is 4. The maximum Gasteiger partial charge on any atom is 0.296 e. The van der Waals surface area contributed by atoms with Crippen LogP contribution in [0.4, 0.5) is 5.69 Å². The number of amides is 1. The van der Waals surface area contributed by atoms with Crippen molar-refractivity contribution in [1.82, 2.24) is 9.78 Å². The van der Waals surface area contributed by atoms with Crippen LogP contribution in [0.25, 0.3) is 0 Å². The number of aryl methyl sites for hydroxylation is 2. The number of hydrogen-bond donors (Lipinski definition) is 1. The van der Waals surface area contributed by atoms with Crippen molar-refractivity contribution in [3.63, 3.8) is 0 Å². The van der Waals surface area contributed by atoms with Gasteiger partial charge in [0.1, 0.15) is 0 Å². The van der Waals surface area contributed by atoms with Gasteiger partial charge in [-0.15, -0.1) is 0 Å². The highest BCUT2D eigenvalue weighted by molar-refractivity contribution is 7.99. The molecule has 27 heavy (non-hydrogen) atoms. The Balaban J connectivity index is 1.70. The number of Topliss-reactive ketones (excluding diaryl/α,β-unsaturated/α-hetero) is 1. The maximum atomic E-state index is 12.5. The summed E-state index contributed by atoms with van der Waals surface area (Å²) in [7, 11) is 1.74. The number of ketones is 1. The molecule has 0 radical (unpaired) electrons. The summed E-state index contributed by atoms with van der Waals surface area (Å²) in [6.45, 7) is 3.48. The normalized spacial score (nSPS) is 10.7. The first kappa shape index (κ1) is 19.2. The van der Waals surface area contributed by atoms with E-state index in [9.17, 15) is 9.59 Å². The van der Waals surface area contributed by atoms with Gasteiger partial charge in [-0.05, 0) is 50.2 Å². The summed E-state index contributed by atoms with van der Waals surface area (Å²) < 4.78 is 1.59. The Labute approximate surface area is 166 Å². The summed E-state index contributed by atoms with van der Waals surface area (Å²) in [6.07, 6.45) is 0. The Morgan fingerprint density at radius 2 is 1.74 bits per heavy atom. The van der Waals surface area contributed by atoms with E-state index in [1.54, 1.807) is 37.7 Å². The number of halogens is 1. The zero-order valence-electron chi connectivity index (χ0n) is 15.1. The molecule has 0 aliphatic carbocycles. The van der Waals surface area contributed by atoms with E-state index in [0.29, 0.717) is 27.7 Å². The van der Waals surface area contributed by atoms with Crippen molar-refractivity contribution in [2.45, 2.75) is 23.6 Å². The molecule has 5 nitrogen and oxygen atoms in total. The van der Waals surface area contributed by atoms with Crippen LogP contribution in [0, 0.1) is 13.8 Å². The fourth-order valence-corrected chi connectivity index (χ4v) is 3.75. The van der Waals surface area contributed by atoms with E-state index in [1.165, 1.54) is 11.8 Å². The highest BCUT2D eigenvalue weighted by Gasteiger charge is 2.23. The molecule has 138 valence electrons. The summed E-state index contributed by atoms with van der Waals surface area (Å²) in [6, 6.07) is 14.8. The van der Waals surface area contributed by atoms with E-state index in [4.69, 9.17) is 11.6 Å². The SMILES string of the molecule is Cc1nn(C)c(C)c1C(=O)C(=O)Nc1ccc(Sc2ccccc2Cl)cc1. The molecule has 1 N–H and O–H groups in total. The molecule has 1 aromatic heterocycles. The quantitative estimate of drug-likeness (QED) is 0.500. The zero-order chi connectivity index (χ0) is 19.6. The summed E-state index contributed by atoms with van der Waals surface area (Å²) >= 11 is 7.70. The van der Waals surface area contributed by atoms with Gasteiger partial charge in [0, 0.05) is 28.2 Å². The Kier molecular flexibility index (Phi) is 5.68. The van der Waals surface area contributed by atoms with Crippen molar-refractivity contribution in [1.29, 1.82) is 0 Å². The molecule has 1 heterocycles. The van der Waals surface area contributed by atoms with E-state index in [0.717, 1.165) is 9.79 Å². The molecule has 3 rings (SSSR count). The Morgan fingerprint density at radius 3 is 2.33 bits per heavy atom. The second-order valence-electron chi connectivity index (χ2n) is 6.01. The van der Waals surface area contributed by atoms with Gasteiger partial charge in [-0.25, -0.2) is 0 Å². The van der Waals surface area contributed by atoms with Gasteiger partial charge in [0.15, 0.2) is 0 Å². The number of aromatic nitrogens is 2. The Bertz CT molecular complexity index is 1010. The summed E-state index contributed by atoms with van der Waals surface area (Å²) in [5, 5.41) is 7.52. The van der Waals surface area contributed by atoms with Crippen molar-refractivity contribution in [3.8, 4) is 0 Å². The second kappa shape index (κ2) is 7.98. The average Bonchev–Trinajstić information content (AvgIpc) is 2.90. The molecule has 0 saturated heterocycles. The van der Waals surface area contributed by atoms with Crippen LogP contribution < -0.4 is 5.32 Å². The van der Waals surface area contributed by atoms with Gasteiger partial charge in [-0.2, -0.15) is 5.10 Å². The molecule has 2 aromatic carbocycles. The summed E-state index contributed by atoms with van der Waals surface area (Å²) in [4.78, 5) is 26.7. The van der Waals surface area contributed by atoms with E-state index < -0.39 is 11.7 Å². The van der Waals surface area contributed by atoms with Crippen LogP contribution in [0.2, 0.25) is 5.02 Å². The monoisotopic (exact) mass is 399 g/mol. The van der Waals surface area contributed by atoms with Gasteiger partial charge in [0.25, 0.3) is 11.7 Å². The van der Waals surface area contributed by atoms with Crippen LogP contribution in [0.15, 0.2) is 58.3 Å². The van der Waals surface area contributed by atoms with Gasteiger partial charge in [0.05, 0.1) is 16.3 Å². The molecule has 0 saturated carbocycles. The molecular formula is C20H18ClN3O2S. The van der Waals surface area contributed by atoms with Gasteiger partial charge >= 0.3 is 0 Å². The molecule has 1 amide bonds. The topological polar surface area (TPSA) is 64.0 Å². The predicted octanol–water partition coefficient (Wildman–Crippen LogP) is 4.66. The van der Waals surface area contributed by atoms with Gasteiger partial charge in [0.2, 0.25) is 0 Å². The predicted molar refractivity (Wildman–Crippen MR) is 108 cm³/mol. The first-order valence-electron chi connectivity index (χ1n) is 8.25. The van der Waals surface area contributed by atoms with Crippen molar-refractivity contribution < 1.29 is 9.59 Å². The number of carbonyl (C=O) groups excluding carboxylic acids is 2. The smallest absolute Gasteiger partial charge is 0.296 e. The standard InChI is InChI=1S/C20H18ClN3O2S/c1-12-18(13(2)24(3)23-12)19(25)20(26)22-14-8-10-15(11-9-14)27-17-7-5-4-6-16(17)21/h4-11H,1-3H3,(H,22,26). The first-order valence-corrected chi connectivity index (χ1v) is 9.44. The third-order valence-electron chi connectivity index (χ3n) is 4.12. The fourth-order valence-electron chi connectivity index (χ4n) is 2.66. The third-order valence-corrected chi connectivity index (χ3v) is 5.64. The number of benzene rings is 2. The van der Waals surface area contributed by atoms with Gasteiger partial charge < -0.3 is 5.32 Å². The maximum absolute atomic E-state index is 12.5. The molecule has 3 aromatic rings. The Hall–Kier alpha value is -2.57. The molecule has 0 aliphatic rings. The summed E-state index contributed by atoms with van der Waals surface area (Å²) in [5.74, 6) is -1.27. The van der Waals surface area contributed by atoms with E-state index >= 15 is 0 Å². The zero-order valence-corrected chi connectivity index (χ0v) is 16.7. The van der Waals surface area contributed by atoms with E-state index in [2.05, 4.69) is 10.4 Å². The van der Waals surface area contributed by atoms with Crippen LogP contribution in [-0.2, 0) is 11.8 Å². The van der Waals surface area contributed by atoms with Crippen LogP contribution in [0.1, 0.15) is 21.7 Å². The number of carbonyl (C=O) groups is 2. The summed E-state index contributed by atoms with van der Waals surface area (Å²) in [5.41, 5.74) is 2.11. The second-order valence-corrected chi connectivity index (χ2v) is 7.53. The third kappa shape index (κ3) is 4.23. The van der Waals surface area contributed by atoms with Crippen molar-refractivity contribution in [2.75, 3.05) is 5.32 Å². The van der Waals surface area contributed by atoms with Crippen molar-refractivity contribution in [2.24, 2.45) is 7.05 Å². The molecule has 0 unspecified atom stereocenters. The first-order chi connectivity index (χ1) is 12.9. The van der Waals surface area contributed by atoms with Crippen molar-refractivity contribution in [3.05, 3.63) is 70.5 Å². The lowest BCUT2D eigenvalue weighted by molar-refractivity contribution is -0.112. The number of anilines is 1. The lowest BCUT2D eigenvalue weighted by Gasteiger charge is -2.07. The molecular weight excluding hydrogens is 382 g/mol. The number of rotatable bonds is 5. The Morgan fingerprint density at radius 1 is 1.07 bits per heavy atom. The lowest BCUT2D eigenvalue weighted by Crippen LogP contribution is -2.24. The van der Waals surface area contributed by atoms with E-state index in [1.807, 2.05) is 36.4 Å². The number of nitrogens with one attached hydrogen (secondary N) is 1. The van der Waals surface area contributed by atoms with Crippen molar-refractivity contribution >= 4 is 40.7 Å². The van der Waals surface area contributed by atoms with Crippen LogP contribution in [0.3, 0.4) is 0 Å². The molecule has 0 bridgehead atoms. The van der Waals surface area contributed by atoms with Crippen LogP contribution in [0.5, 0.6) is 0 Å². The highest BCUT2D eigenvalue weighted by Crippen LogP contribution is 2.33. The lowest BCUT2D eigenvalue weighted by atomic mass is 10.1. The van der Waals surface area contributed by atoms with Crippen LogP contribution >= 0.6 is 23.4 Å². The minimum atomic E-state index is -0.680. The fraction of sp³-hybridized carbons (Fsp3) is 0.150. The molecule has 0 fully saturated rings. The highest BCUT2D eigenvalue weighted by atomic mass is 35.5. The van der Waals surface area contributed by atoms with Crippen LogP contribution in [-0.4, -0.2) is 21.5 Å². The van der Waals surface area contributed by atoms with E-state index in [-0.39, 0.29) is 0 Å². The minimum absolute atomic E-state index is 0.348. The molecule has 0 spiro atoms. The molecule has 7 heteroatoms. The minimum Gasteiger partial charge on any atom is -0.319 e. The average molecular weight is 400 g/mol. The molecule has 0 atom stereocenters.